The van der Waals surface area contributed by atoms with Gasteiger partial charge in [-0.2, -0.15) is 0 Å². The summed E-state index contributed by atoms with van der Waals surface area (Å²) in [4.78, 5) is 5.80. The fraction of sp³-hybridized carbons (Fsp3) is 0.583. The summed E-state index contributed by atoms with van der Waals surface area (Å²) in [5.74, 6) is -0.0911. The van der Waals surface area contributed by atoms with E-state index in [0.29, 0.717) is 11.4 Å². The molecule has 1 aromatic heterocycles. The minimum Gasteiger partial charge on any atom is -0.392 e. The van der Waals surface area contributed by atoms with E-state index in [1.807, 2.05) is 7.05 Å². The summed E-state index contributed by atoms with van der Waals surface area (Å²) < 4.78 is 13.8. The van der Waals surface area contributed by atoms with E-state index in [1.165, 1.54) is 12.3 Å². The molecular formula is C12H19FN2O. The number of unbranched alkanes of at least 4 members (excludes halogenated alkanes) is 2. The van der Waals surface area contributed by atoms with Gasteiger partial charge in [-0.05, 0) is 12.5 Å². The van der Waals surface area contributed by atoms with Crippen LogP contribution < -0.4 is 4.90 Å². The van der Waals surface area contributed by atoms with Crippen LogP contribution in [0.15, 0.2) is 12.3 Å². The molecular weight excluding hydrogens is 207 g/mol. The van der Waals surface area contributed by atoms with Crippen molar-refractivity contribution in [3.63, 3.8) is 0 Å². The summed E-state index contributed by atoms with van der Waals surface area (Å²) in [5.41, 5.74) is 0.298. The van der Waals surface area contributed by atoms with Crippen LogP contribution in [0.25, 0.3) is 0 Å². The molecule has 1 rings (SSSR count). The number of aromatic nitrogens is 1. The predicted molar refractivity (Wildman–Crippen MR) is 62.9 cm³/mol. The maximum absolute atomic E-state index is 13.8. The van der Waals surface area contributed by atoms with Crippen molar-refractivity contribution in [2.75, 3.05) is 18.5 Å². The number of hydrogen-bond acceptors (Lipinski definition) is 3. The summed E-state index contributed by atoms with van der Waals surface area (Å²) >= 11 is 0. The van der Waals surface area contributed by atoms with E-state index in [9.17, 15) is 4.39 Å². The highest BCUT2D eigenvalue weighted by atomic mass is 19.1. The van der Waals surface area contributed by atoms with Gasteiger partial charge < -0.3 is 10.0 Å². The van der Waals surface area contributed by atoms with E-state index < -0.39 is 5.82 Å². The lowest BCUT2D eigenvalue weighted by molar-refractivity contribution is 0.275. The summed E-state index contributed by atoms with van der Waals surface area (Å²) in [6, 6.07) is 1.50. The molecule has 0 fully saturated rings. The first-order valence-corrected chi connectivity index (χ1v) is 5.66. The average molecular weight is 226 g/mol. The second-order valence-electron chi connectivity index (χ2n) is 3.89. The Kier molecular flexibility index (Phi) is 5.19. The number of aliphatic hydroxyl groups is 1. The number of rotatable bonds is 6. The minimum absolute atomic E-state index is 0.288. The molecule has 1 aromatic rings. The lowest BCUT2D eigenvalue weighted by atomic mass is 10.2. The zero-order valence-corrected chi connectivity index (χ0v) is 9.91. The molecule has 16 heavy (non-hydrogen) atoms. The van der Waals surface area contributed by atoms with Gasteiger partial charge in [-0.3, -0.25) is 0 Å². The van der Waals surface area contributed by atoms with Crippen LogP contribution in [0, 0.1) is 5.82 Å². The highest BCUT2D eigenvalue weighted by Gasteiger charge is 2.12. The third-order valence-corrected chi connectivity index (χ3v) is 2.58. The second-order valence-corrected chi connectivity index (χ2v) is 3.89. The van der Waals surface area contributed by atoms with Gasteiger partial charge in [-0.25, -0.2) is 9.37 Å². The summed E-state index contributed by atoms with van der Waals surface area (Å²) in [5, 5.41) is 8.95. The van der Waals surface area contributed by atoms with Crippen LogP contribution in [0.3, 0.4) is 0 Å². The molecule has 1 N–H and O–H groups in total. The molecule has 0 aliphatic carbocycles. The summed E-state index contributed by atoms with van der Waals surface area (Å²) in [6.45, 7) is 2.63. The fourth-order valence-corrected chi connectivity index (χ4v) is 1.56. The molecule has 0 saturated carbocycles. The Hall–Kier alpha value is -1.16. The van der Waals surface area contributed by atoms with Crippen LogP contribution in [0.1, 0.15) is 31.7 Å². The average Bonchev–Trinajstić information content (AvgIpc) is 2.29. The predicted octanol–water partition coefficient (Wildman–Crippen LogP) is 2.34. The molecule has 1 heterocycles. The lowest BCUT2D eigenvalue weighted by Crippen LogP contribution is -2.21. The summed E-state index contributed by atoms with van der Waals surface area (Å²) in [6.07, 6.45) is 4.82. The Morgan fingerprint density at radius 2 is 2.19 bits per heavy atom. The number of pyridine rings is 1. The standard InChI is InChI=1S/C12H19FN2O/c1-3-4-5-8-15(2)12-11(13)10(9-16)6-7-14-12/h6-7,16H,3-5,8-9H2,1-2H3. The molecule has 0 aliphatic heterocycles. The second kappa shape index (κ2) is 6.43. The highest BCUT2D eigenvalue weighted by Crippen LogP contribution is 2.18. The number of anilines is 1. The molecule has 0 amide bonds. The molecule has 3 nitrogen and oxygen atoms in total. The van der Waals surface area contributed by atoms with Crippen LogP contribution in [-0.2, 0) is 6.61 Å². The van der Waals surface area contributed by atoms with Crippen LogP contribution >= 0.6 is 0 Å². The first-order chi connectivity index (χ1) is 7.70. The first kappa shape index (κ1) is 12.9. The van der Waals surface area contributed by atoms with Crippen LogP contribution in [0.5, 0.6) is 0 Å². The van der Waals surface area contributed by atoms with E-state index in [4.69, 9.17) is 5.11 Å². The summed E-state index contributed by atoms with van der Waals surface area (Å²) in [7, 11) is 1.82. The molecule has 0 unspecified atom stereocenters. The smallest absolute Gasteiger partial charge is 0.171 e. The normalized spacial score (nSPS) is 10.5. The molecule has 90 valence electrons. The highest BCUT2D eigenvalue weighted by molar-refractivity contribution is 5.41. The molecule has 4 heteroatoms. The van der Waals surface area contributed by atoms with Gasteiger partial charge in [0.1, 0.15) is 0 Å². The minimum atomic E-state index is -0.413. The van der Waals surface area contributed by atoms with Crippen molar-refractivity contribution in [2.24, 2.45) is 0 Å². The van der Waals surface area contributed by atoms with Crippen molar-refractivity contribution in [1.29, 1.82) is 0 Å². The molecule has 0 radical (unpaired) electrons. The van der Waals surface area contributed by atoms with Crippen molar-refractivity contribution in [3.05, 3.63) is 23.6 Å². The van der Waals surface area contributed by atoms with Crippen molar-refractivity contribution in [1.82, 2.24) is 4.98 Å². The first-order valence-electron chi connectivity index (χ1n) is 5.66. The monoisotopic (exact) mass is 226 g/mol. The van der Waals surface area contributed by atoms with Gasteiger partial charge in [0, 0.05) is 25.4 Å². The van der Waals surface area contributed by atoms with Gasteiger partial charge in [-0.1, -0.05) is 19.8 Å². The maximum Gasteiger partial charge on any atom is 0.171 e. The number of halogens is 1. The Morgan fingerprint density at radius 3 is 2.81 bits per heavy atom. The van der Waals surface area contributed by atoms with Crippen molar-refractivity contribution >= 4 is 5.82 Å². The van der Waals surface area contributed by atoms with Crippen molar-refractivity contribution in [3.8, 4) is 0 Å². The molecule has 0 bridgehead atoms. The Labute approximate surface area is 95.9 Å². The van der Waals surface area contributed by atoms with Crippen LogP contribution in [0.4, 0.5) is 10.2 Å². The lowest BCUT2D eigenvalue weighted by Gasteiger charge is -2.19. The van der Waals surface area contributed by atoms with E-state index in [2.05, 4.69) is 11.9 Å². The third-order valence-electron chi connectivity index (χ3n) is 2.58. The topological polar surface area (TPSA) is 36.4 Å². The third kappa shape index (κ3) is 3.17. The molecule has 0 spiro atoms. The van der Waals surface area contributed by atoms with Gasteiger partial charge in [0.05, 0.1) is 6.61 Å². The van der Waals surface area contributed by atoms with Gasteiger partial charge >= 0.3 is 0 Å². The Bertz CT molecular complexity index is 331. The van der Waals surface area contributed by atoms with E-state index in [1.54, 1.807) is 4.90 Å². The van der Waals surface area contributed by atoms with Gasteiger partial charge in [-0.15, -0.1) is 0 Å². The zero-order chi connectivity index (χ0) is 12.0. The SMILES string of the molecule is CCCCCN(C)c1nccc(CO)c1F. The largest absolute Gasteiger partial charge is 0.392 e. The fourth-order valence-electron chi connectivity index (χ4n) is 1.56. The van der Waals surface area contributed by atoms with E-state index in [-0.39, 0.29) is 6.61 Å². The van der Waals surface area contributed by atoms with Crippen molar-refractivity contribution < 1.29 is 9.50 Å². The van der Waals surface area contributed by atoms with Crippen molar-refractivity contribution in [2.45, 2.75) is 32.8 Å². The quantitative estimate of drug-likeness (QED) is 0.756. The van der Waals surface area contributed by atoms with Gasteiger partial charge in [0.25, 0.3) is 0 Å². The van der Waals surface area contributed by atoms with Crippen LogP contribution in [0.2, 0.25) is 0 Å². The molecule has 0 aliphatic rings. The number of hydrogen-bond donors (Lipinski definition) is 1. The maximum atomic E-state index is 13.8. The molecule has 0 atom stereocenters. The zero-order valence-electron chi connectivity index (χ0n) is 9.91. The van der Waals surface area contributed by atoms with Crippen LogP contribution in [-0.4, -0.2) is 23.7 Å². The number of nitrogens with zero attached hydrogens (tertiary/aromatic N) is 2. The Morgan fingerprint density at radius 1 is 1.44 bits per heavy atom. The number of aliphatic hydroxyl groups excluding tert-OH is 1. The molecule has 0 aromatic carbocycles. The van der Waals surface area contributed by atoms with Gasteiger partial charge in [0.15, 0.2) is 11.6 Å². The van der Waals surface area contributed by atoms with E-state index in [0.717, 1.165) is 25.8 Å². The Balaban J connectivity index is 2.71. The van der Waals surface area contributed by atoms with Gasteiger partial charge in [0.2, 0.25) is 0 Å². The molecule has 0 saturated heterocycles. The van der Waals surface area contributed by atoms with E-state index >= 15 is 0 Å².